The van der Waals surface area contributed by atoms with Crippen LogP contribution in [0.5, 0.6) is 0 Å². The van der Waals surface area contributed by atoms with Crippen molar-refractivity contribution in [3.05, 3.63) is 10.6 Å². The molecule has 1 saturated heterocycles. The summed E-state index contributed by atoms with van der Waals surface area (Å²) in [4.78, 5) is 10.7. The Hall–Kier alpha value is -0.0500. The third kappa shape index (κ3) is 2.47. The highest BCUT2D eigenvalue weighted by molar-refractivity contribution is 6.55. The minimum atomic E-state index is -0.658. The molecular formula is C8H10Cl2O2. The third-order valence-corrected chi connectivity index (χ3v) is 2.26. The lowest BCUT2D eigenvalue weighted by Gasteiger charge is -2.18. The van der Waals surface area contributed by atoms with Crippen LogP contribution in [0, 0.1) is 0 Å². The summed E-state index contributed by atoms with van der Waals surface area (Å²) in [7, 11) is 0. The van der Waals surface area contributed by atoms with Gasteiger partial charge in [-0.05, 0) is 12.8 Å². The lowest BCUT2D eigenvalue weighted by molar-refractivity contribution is -0.125. The van der Waals surface area contributed by atoms with E-state index in [1.54, 1.807) is 6.08 Å². The molecule has 0 aromatic carbocycles. The topological polar surface area (TPSA) is 26.3 Å². The van der Waals surface area contributed by atoms with Crippen LogP contribution in [0.1, 0.15) is 19.3 Å². The standard InChI is InChI=1S/C8H10Cl2O2/c9-7(10)2-4-8(6-11)3-1-5-12-8/h2,6H,1,3-5H2. The molecule has 0 aromatic rings. The number of rotatable bonds is 3. The quantitative estimate of drug-likeness (QED) is 0.667. The Kier molecular flexibility index (Phi) is 3.56. The Morgan fingerprint density at radius 3 is 2.75 bits per heavy atom. The molecule has 0 bridgehead atoms. The van der Waals surface area contributed by atoms with Gasteiger partial charge in [0, 0.05) is 13.0 Å². The van der Waals surface area contributed by atoms with Crippen LogP contribution < -0.4 is 0 Å². The number of halogens is 2. The maximum Gasteiger partial charge on any atom is 0.152 e. The molecule has 0 amide bonds. The molecule has 0 aliphatic carbocycles. The lowest BCUT2D eigenvalue weighted by Crippen LogP contribution is -2.28. The van der Waals surface area contributed by atoms with E-state index in [9.17, 15) is 4.79 Å². The van der Waals surface area contributed by atoms with Crippen molar-refractivity contribution in [3.8, 4) is 0 Å². The smallest absolute Gasteiger partial charge is 0.152 e. The van der Waals surface area contributed by atoms with E-state index in [1.807, 2.05) is 0 Å². The van der Waals surface area contributed by atoms with Crippen LogP contribution in [0.15, 0.2) is 10.6 Å². The number of hydrogen-bond donors (Lipinski definition) is 0. The van der Waals surface area contributed by atoms with Crippen LogP contribution in [-0.2, 0) is 9.53 Å². The van der Waals surface area contributed by atoms with Crippen LogP contribution in [0.3, 0.4) is 0 Å². The van der Waals surface area contributed by atoms with Crippen LogP contribution in [0.4, 0.5) is 0 Å². The monoisotopic (exact) mass is 208 g/mol. The summed E-state index contributed by atoms with van der Waals surface area (Å²) < 4.78 is 5.50. The summed E-state index contributed by atoms with van der Waals surface area (Å²) in [6.07, 6.45) is 4.59. The molecule has 1 heterocycles. The van der Waals surface area contributed by atoms with Crippen LogP contribution in [0.2, 0.25) is 0 Å². The largest absolute Gasteiger partial charge is 0.367 e. The second kappa shape index (κ2) is 4.26. The van der Waals surface area contributed by atoms with Crippen molar-refractivity contribution in [2.45, 2.75) is 24.9 Å². The van der Waals surface area contributed by atoms with Gasteiger partial charge in [0.2, 0.25) is 0 Å². The minimum absolute atomic E-state index is 0.187. The van der Waals surface area contributed by atoms with Crippen molar-refractivity contribution in [3.63, 3.8) is 0 Å². The Morgan fingerprint density at radius 1 is 1.58 bits per heavy atom. The summed E-state index contributed by atoms with van der Waals surface area (Å²) in [5.41, 5.74) is -0.658. The van der Waals surface area contributed by atoms with Crippen molar-refractivity contribution >= 4 is 29.5 Å². The van der Waals surface area contributed by atoms with E-state index in [-0.39, 0.29) is 4.49 Å². The molecule has 1 rings (SSSR count). The first-order valence-electron chi connectivity index (χ1n) is 3.80. The SMILES string of the molecule is O=CC1(CC=C(Cl)Cl)CCCO1. The third-order valence-electron chi connectivity index (χ3n) is 1.95. The second-order valence-electron chi connectivity index (χ2n) is 2.83. The molecular weight excluding hydrogens is 199 g/mol. The molecule has 1 unspecified atom stereocenters. The first-order chi connectivity index (χ1) is 5.68. The van der Waals surface area contributed by atoms with Crippen molar-refractivity contribution in [1.82, 2.24) is 0 Å². The molecule has 0 radical (unpaired) electrons. The maximum atomic E-state index is 10.7. The summed E-state index contributed by atoms with van der Waals surface area (Å²) in [5, 5.41) is 0. The van der Waals surface area contributed by atoms with E-state index in [4.69, 9.17) is 27.9 Å². The number of aldehydes is 1. The second-order valence-corrected chi connectivity index (χ2v) is 3.84. The molecule has 2 nitrogen and oxygen atoms in total. The zero-order valence-corrected chi connectivity index (χ0v) is 8.07. The Bertz CT molecular complexity index is 191. The highest BCUT2D eigenvalue weighted by Gasteiger charge is 2.33. The van der Waals surface area contributed by atoms with Gasteiger partial charge in [-0.25, -0.2) is 0 Å². The fourth-order valence-corrected chi connectivity index (χ4v) is 1.43. The molecule has 12 heavy (non-hydrogen) atoms. The van der Waals surface area contributed by atoms with Gasteiger partial charge in [-0.2, -0.15) is 0 Å². The fourth-order valence-electron chi connectivity index (χ4n) is 1.27. The van der Waals surface area contributed by atoms with Crippen molar-refractivity contribution in [1.29, 1.82) is 0 Å². The first kappa shape index (κ1) is 10.0. The average molecular weight is 209 g/mol. The number of carbonyl (C=O) groups excluding carboxylic acids is 1. The average Bonchev–Trinajstić information content (AvgIpc) is 2.50. The molecule has 68 valence electrons. The molecule has 1 fully saturated rings. The maximum absolute atomic E-state index is 10.7. The molecule has 4 heteroatoms. The number of ether oxygens (including phenoxy) is 1. The molecule has 1 aliphatic rings. The van der Waals surface area contributed by atoms with Gasteiger partial charge in [-0.15, -0.1) is 0 Å². The van der Waals surface area contributed by atoms with Gasteiger partial charge >= 0.3 is 0 Å². The van der Waals surface area contributed by atoms with Crippen molar-refractivity contribution in [2.24, 2.45) is 0 Å². The van der Waals surface area contributed by atoms with Crippen molar-refractivity contribution < 1.29 is 9.53 Å². The Balaban J connectivity index is 2.55. The first-order valence-corrected chi connectivity index (χ1v) is 4.56. The van der Waals surface area contributed by atoms with Gasteiger partial charge in [0.1, 0.15) is 10.1 Å². The normalized spacial score (nSPS) is 28.5. The zero-order valence-electron chi connectivity index (χ0n) is 6.56. The van der Waals surface area contributed by atoms with E-state index in [0.29, 0.717) is 13.0 Å². The summed E-state index contributed by atoms with van der Waals surface area (Å²) in [5.74, 6) is 0. The van der Waals surface area contributed by atoms with E-state index < -0.39 is 5.60 Å². The van der Waals surface area contributed by atoms with Crippen molar-refractivity contribution in [2.75, 3.05) is 6.61 Å². The van der Waals surface area contributed by atoms with E-state index in [1.165, 1.54) is 0 Å². The lowest BCUT2D eigenvalue weighted by atomic mass is 9.98. The summed E-state index contributed by atoms with van der Waals surface area (Å²) >= 11 is 10.9. The van der Waals surface area contributed by atoms with Gasteiger partial charge in [-0.1, -0.05) is 29.3 Å². The van der Waals surface area contributed by atoms with Gasteiger partial charge in [0.15, 0.2) is 6.29 Å². The number of carbonyl (C=O) groups is 1. The van der Waals surface area contributed by atoms with Crippen LogP contribution >= 0.6 is 23.2 Å². The summed E-state index contributed by atoms with van der Waals surface area (Å²) in [6.45, 7) is 0.645. The Labute approximate surface area is 81.5 Å². The molecule has 1 atom stereocenters. The van der Waals surface area contributed by atoms with E-state index >= 15 is 0 Å². The van der Waals surface area contributed by atoms with Crippen LogP contribution in [-0.4, -0.2) is 18.5 Å². The molecule has 1 aliphatic heterocycles. The van der Waals surface area contributed by atoms with Gasteiger partial charge < -0.3 is 9.53 Å². The Morgan fingerprint density at radius 2 is 2.33 bits per heavy atom. The van der Waals surface area contributed by atoms with Crippen LogP contribution in [0.25, 0.3) is 0 Å². The summed E-state index contributed by atoms with van der Waals surface area (Å²) in [6, 6.07) is 0. The highest BCUT2D eigenvalue weighted by Crippen LogP contribution is 2.28. The molecule has 0 saturated carbocycles. The highest BCUT2D eigenvalue weighted by atomic mass is 35.5. The molecule has 0 aromatic heterocycles. The number of hydrogen-bond acceptors (Lipinski definition) is 2. The predicted octanol–water partition coefficient (Wildman–Crippen LogP) is 2.44. The van der Waals surface area contributed by atoms with Gasteiger partial charge in [0.05, 0.1) is 0 Å². The van der Waals surface area contributed by atoms with Gasteiger partial charge in [0.25, 0.3) is 0 Å². The molecule has 0 spiro atoms. The predicted molar refractivity (Wildman–Crippen MR) is 48.4 cm³/mol. The minimum Gasteiger partial charge on any atom is -0.367 e. The van der Waals surface area contributed by atoms with E-state index in [2.05, 4.69) is 0 Å². The van der Waals surface area contributed by atoms with E-state index in [0.717, 1.165) is 19.1 Å². The zero-order chi connectivity index (χ0) is 9.03. The van der Waals surface area contributed by atoms with Gasteiger partial charge in [-0.3, -0.25) is 0 Å². The molecule has 0 N–H and O–H groups in total. The fraction of sp³-hybridized carbons (Fsp3) is 0.625.